The van der Waals surface area contributed by atoms with Crippen LogP contribution in [0.1, 0.15) is 5.56 Å². The van der Waals surface area contributed by atoms with Gasteiger partial charge in [-0.15, -0.1) is 0 Å². The van der Waals surface area contributed by atoms with E-state index < -0.39 is 11.6 Å². The predicted molar refractivity (Wildman–Crippen MR) is 92.4 cm³/mol. The third-order valence-corrected chi connectivity index (χ3v) is 4.76. The first-order chi connectivity index (χ1) is 11.6. The van der Waals surface area contributed by atoms with Crippen LogP contribution < -0.4 is 0 Å². The van der Waals surface area contributed by atoms with Crippen molar-refractivity contribution in [2.45, 2.75) is 6.92 Å². The number of aryl methyl sites for hydroxylation is 1. The van der Waals surface area contributed by atoms with Gasteiger partial charge in [-0.3, -0.25) is 4.40 Å². The number of hydrogen-bond donors (Lipinski definition) is 0. The summed E-state index contributed by atoms with van der Waals surface area (Å²) in [7, 11) is 0. The number of rotatable bonds is 0. The quantitative estimate of drug-likeness (QED) is 0.277. The number of fused-ring (bicyclic) bond motifs is 7. The molecule has 0 saturated heterocycles. The van der Waals surface area contributed by atoms with Crippen molar-refractivity contribution < 1.29 is 8.78 Å². The molecule has 4 heteroatoms. The summed E-state index contributed by atoms with van der Waals surface area (Å²) in [5, 5.41) is 4.76. The summed E-state index contributed by atoms with van der Waals surface area (Å²) in [5.74, 6) is -1.69. The Hall–Kier alpha value is -3.01. The lowest BCUT2D eigenvalue weighted by molar-refractivity contribution is 0.510. The summed E-state index contributed by atoms with van der Waals surface area (Å²) < 4.78 is 29.6. The van der Waals surface area contributed by atoms with Crippen LogP contribution in [-0.2, 0) is 0 Å². The molecule has 5 aromatic rings. The van der Waals surface area contributed by atoms with E-state index in [1.165, 1.54) is 12.1 Å². The van der Waals surface area contributed by atoms with Crippen molar-refractivity contribution in [2.24, 2.45) is 0 Å². The first kappa shape index (κ1) is 13.4. The van der Waals surface area contributed by atoms with Crippen LogP contribution in [-0.4, -0.2) is 9.38 Å². The van der Waals surface area contributed by atoms with Gasteiger partial charge in [-0.2, -0.15) is 0 Å². The Kier molecular flexibility index (Phi) is 2.52. The van der Waals surface area contributed by atoms with E-state index in [0.29, 0.717) is 10.9 Å². The fourth-order valence-corrected chi connectivity index (χ4v) is 3.69. The Morgan fingerprint density at radius 3 is 2.58 bits per heavy atom. The van der Waals surface area contributed by atoms with Gasteiger partial charge in [-0.05, 0) is 40.8 Å². The number of imidazole rings is 1. The maximum atomic E-state index is 13.9. The molecular weight excluding hydrogens is 306 g/mol. The zero-order valence-corrected chi connectivity index (χ0v) is 12.8. The van der Waals surface area contributed by atoms with E-state index in [1.54, 1.807) is 12.4 Å². The first-order valence-electron chi connectivity index (χ1n) is 7.71. The number of halogens is 2. The van der Waals surface area contributed by atoms with Crippen molar-refractivity contribution in [3.05, 3.63) is 72.1 Å². The minimum Gasteiger partial charge on any atom is -0.299 e. The lowest BCUT2D eigenvalue weighted by atomic mass is 9.95. The van der Waals surface area contributed by atoms with Gasteiger partial charge in [0.1, 0.15) is 5.65 Å². The molecule has 2 aromatic heterocycles. The average molecular weight is 318 g/mol. The molecule has 0 amide bonds. The maximum Gasteiger partial charge on any atom is 0.160 e. The number of benzene rings is 3. The van der Waals surface area contributed by atoms with Crippen molar-refractivity contribution in [2.75, 3.05) is 0 Å². The zero-order valence-electron chi connectivity index (χ0n) is 12.8. The van der Waals surface area contributed by atoms with Crippen LogP contribution >= 0.6 is 0 Å². The van der Waals surface area contributed by atoms with E-state index >= 15 is 0 Å². The Bertz CT molecular complexity index is 1290. The number of aromatic nitrogens is 2. The van der Waals surface area contributed by atoms with Crippen LogP contribution in [0.5, 0.6) is 0 Å². The molecule has 0 N–H and O–H groups in total. The molecular formula is C20H12F2N2. The van der Waals surface area contributed by atoms with Gasteiger partial charge >= 0.3 is 0 Å². The lowest BCUT2D eigenvalue weighted by Crippen LogP contribution is -1.95. The van der Waals surface area contributed by atoms with Crippen molar-refractivity contribution >= 4 is 38.1 Å². The normalized spacial score (nSPS) is 12.0. The predicted octanol–water partition coefficient (Wildman–Crippen LogP) is 5.38. The van der Waals surface area contributed by atoms with E-state index in [9.17, 15) is 8.78 Å². The fraction of sp³-hybridized carbons (Fsp3) is 0.0500. The van der Waals surface area contributed by atoms with Crippen LogP contribution in [0.25, 0.3) is 38.1 Å². The van der Waals surface area contributed by atoms with E-state index in [1.807, 2.05) is 29.5 Å². The molecule has 0 unspecified atom stereocenters. The summed E-state index contributed by atoms with van der Waals surface area (Å²) in [4.78, 5) is 4.44. The van der Waals surface area contributed by atoms with Gasteiger partial charge in [0.25, 0.3) is 0 Å². The minimum absolute atomic E-state index is 0.618. The lowest BCUT2D eigenvalue weighted by Gasteiger charge is -2.13. The second-order valence-electron chi connectivity index (χ2n) is 6.05. The molecule has 0 radical (unpaired) electrons. The van der Waals surface area contributed by atoms with Crippen LogP contribution in [0.3, 0.4) is 0 Å². The SMILES string of the molecule is Cc1c2ccccc2cc2c1c1cc(F)c(F)cc1n1ccnc21. The summed E-state index contributed by atoms with van der Waals surface area (Å²) in [5.41, 5.74) is 2.41. The minimum atomic E-state index is -0.852. The van der Waals surface area contributed by atoms with Crippen molar-refractivity contribution in [3.63, 3.8) is 0 Å². The van der Waals surface area contributed by atoms with Gasteiger partial charge in [-0.1, -0.05) is 24.3 Å². The number of hydrogen-bond acceptors (Lipinski definition) is 1. The maximum absolute atomic E-state index is 13.9. The van der Waals surface area contributed by atoms with Crippen molar-refractivity contribution in [1.29, 1.82) is 0 Å². The molecule has 0 fully saturated rings. The molecule has 3 aromatic carbocycles. The van der Waals surface area contributed by atoms with Gasteiger partial charge in [0.05, 0.1) is 5.52 Å². The Morgan fingerprint density at radius 2 is 1.71 bits per heavy atom. The summed E-state index contributed by atoms with van der Waals surface area (Å²) in [6.45, 7) is 2.02. The highest BCUT2D eigenvalue weighted by molar-refractivity contribution is 6.18. The van der Waals surface area contributed by atoms with Crippen LogP contribution in [0.15, 0.2) is 54.9 Å². The van der Waals surface area contributed by atoms with Crippen LogP contribution in [0.2, 0.25) is 0 Å². The van der Waals surface area contributed by atoms with E-state index in [-0.39, 0.29) is 0 Å². The molecule has 0 atom stereocenters. The topological polar surface area (TPSA) is 17.3 Å². The standard InChI is InChI=1S/C20H12F2N2/c1-11-13-5-3-2-4-12(13)8-15-19(11)14-9-16(21)17(22)10-18(14)24-7-6-23-20(15)24/h2-10H,1H3. The second kappa shape index (κ2) is 4.51. The molecule has 2 heterocycles. The van der Waals surface area contributed by atoms with Gasteiger partial charge in [0.2, 0.25) is 0 Å². The molecule has 0 aliphatic heterocycles. The number of pyridine rings is 1. The molecule has 116 valence electrons. The highest BCUT2D eigenvalue weighted by Crippen LogP contribution is 2.36. The Morgan fingerprint density at radius 1 is 0.917 bits per heavy atom. The summed E-state index contributed by atoms with van der Waals surface area (Å²) in [6.07, 6.45) is 3.46. The summed E-state index contributed by atoms with van der Waals surface area (Å²) in [6, 6.07) is 12.7. The fourth-order valence-electron chi connectivity index (χ4n) is 3.69. The molecule has 24 heavy (non-hydrogen) atoms. The monoisotopic (exact) mass is 318 g/mol. The second-order valence-corrected chi connectivity index (χ2v) is 6.05. The highest BCUT2D eigenvalue weighted by atomic mass is 19.2. The average Bonchev–Trinajstić information content (AvgIpc) is 3.07. The number of nitrogens with zero attached hydrogens (tertiary/aromatic N) is 2. The van der Waals surface area contributed by atoms with Crippen molar-refractivity contribution in [3.8, 4) is 0 Å². The molecule has 0 bridgehead atoms. The van der Waals surface area contributed by atoms with Crippen LogP contribution in [0.4, 0.5) is 8.78 Å². The summed E-state index contributed by atoms with van der Waals surface area (Å²) >= 11 is 0. The molecule has 0 saturated carbocycles. The molecule has 0 aliphatic rings. The van der Waals surface area contributed by atoms with Gasteiger partial charge in [0, 0.05) is 29.2 Å². The Balaban J connectivity index is 2.19. The van der Waals surface area contributed by atoms with Gasteiger partial charge in [0.15, 0.2) is 11.6 Å². The Labute approximate surface area is 136 Å². The van der Waals surface area contributed by atoms with E-state index in [2.05, 4.69) is 17.1 Å². The van der Waals surface area contributed by atoms with E-state index in [0.717, 1.165) is 32.8 Å². The van der Waals surface area contributed by atoms with Crippen LogP contribution in [0, 0.1) is 18.6 Å². The molecule has 0 spiro atoms. The largest absolute Gasteiger partial charge is 0.299 e. The highest BCUT2D eigenvalue weighted by Gasteiger charge is 2.16. The van der Waals surface area contributed by atoms with Crippen molar-refractivity contribution in [1.82, 2.24) is 9.38 Å². The molecule has 5 rings (SSSR count). The third-order valence-electron chi connectivity index (χ3n) is 4.76. The molecule has 0 aliphatic carbocycles. The van der Waals surface area contributed by atoms with Gasteiger partial charge < -0.3 is 0 Å². The third kappa shape index (κ3) is 1.60. The first-order valence-corrected chi connectivity index (χ1v) is 7.71. The molecule has 2 nitrogen and oxygen atoms in total. The van der Waals surface area contributed by atoms with Gasteiger partial charge in [-0.25, -0.2) is 13.8 Å². The van der Waals surface area contributed by atoms with E-state index in [4.69, 9.17) is 0 Å². The smallest absolute Gasteiger partial charge is 0.160 e. The zero-order chi connectivity index (χ0) is 16.4.